The molecular formula is C16H12N6O. The van der Waals surface area contributed by atoms with Crippen LogP contribution in [0, 0.1) is 0 Å². The van der Waals surface area contributed by atoms with Crippen molar-refractivity contribution < 1.29 is 4.42 Å². The van der Waals surface area contributed by atoms with Crippen molar-refractivity contribution in [3.8, 4) is 5.69 Å². The predicted molar refractivity (Wildman–Crippen MR) is 86.6 cm³/mol. The third kappa shape index (κ3) is 2.55. The van der Waals surface area contributed by atoms with Gasteiger partial charge in [0, 0.05) is 0 Å². The van der Waals surface area contributed by atoms with Crippen LogP contribution in [0.1, 0.15) is 5.76 Å². The minimum absolute atomic E-state index is 0.583. The largest absolute Gasteiger partial charge is 0.463 e. The van der Waals surface area contributed by atoms with Gasteiger partial charge in [0.25, 0.3) is 0 Å². The fraction of sp³-hybridized carbons (Fsp3) is 0. The molecule has 0 bridgehead atoms. The minimum atomic E-state index is 0.583. The first-order chi connectivity index (χ1) is 11.4. The lowest BCUT2D eigenvalue weighted by Crippen LogP contribution is -1.99. The minimum Gasteiger partial charge on any atom is -0.463 e. The highest BCUT2D eigenvalue weighted by Gasteiger charge is 2.10. The van der Waals surface area contributed by atoms with Crippen LogP contribution in [-0.4, -0.2) is 26.0 Å². The van der Waals surface area contributed by atoms with Crippen molar-refractivity contribution in [2.45, 2.75) is 0 Å². The summed E-state index contributed by atoms with van der Waals surface area (Å²) in [5.74, 6) is 1.24. The molecule has 4 rings (SSSR count). The molecule has 3 heterocycles. The number of nitrogens with zero attached hydrogens (tertiary/aromatic N) is 5. The summed E-state index contributed by atoms with van der Waals surface area (Å²) in [5, 5.41) is 9.29. The molecule has 0 aliphatic heterocycles. The number of nitrogens with one attached hydrogen (secondary N) is 1. The van der Waals surface area contributed by atoms with Crippen LogP contribution in [0.2, 0.25) is 0 Å². The van der Waals surface area contributed by atoms with E-state index in [1.807, 2.05) is 36.4 Å². The predicted octanol–water partition coefficient (Wildman–Crippen LogP) is 2.85. The van der Waals surface area contributed by atoms with Crippen molar-refractivity contribution >= 4 is 23.1 Å². The third-order valence-corrected chi connectivity index (χ3v) is 3.27. The average molecular weight is 304 g/mol. The first-order valence-electron chi connectivity index (χ1n) is 6.98. The van der Waals surface area contributed by atoms with Crippen LogP contribution in [0.5, 0.6) is 0 Å². The topological polar surface area (TPSA) is 81.1 Å². The van der Waals surface area contributed by atoms with E-state index in [1.54, 1.807) is 29.4 Å². The Morgan fingerprint density at radius 3 is 2.83 bits per heavy atom. The van der Waals surface area contributed by atoms with Crippen LogP contribution in [0.25, 0.3) is 16.7 Å². The van der Waals surface area contributed by atoms with Crippen molar-refractivity contribution in [2.75, 3.05) is 5.43 Å². The summed E-state index contributed by atoms with van der Waals surface area (Å²) in [6, 6.07) is 13.4. The van der Waals surface area contributed by atoms with E-state index in [0.717, 1.165) is 11.1 Å². The molecule has 0 atom stereocenters. The van der Waals surface area contributed by atoms with Gasteiger partial charge in [-0.2, -0.15) is 10.2 Å². The number of hydrogen-bond donors (Lipinski definition) is 1. The van der Waals surface area contributed by atoms with Gasteiger partial charge in [0.15, 0.2) is 11.5 Å². The van der Waals surface area contributed by atoms with E-state index in [0.29, 0.717) is 17.2 Å². The van der Waals surface area contributed by atoms with E-state index < -0.39 is 0 Å². The summed E-state index contributed by atoms with van der Waals surface area (Å²) in [6.45, 7) is 0. The number of para-hydroxylation sites is 1. The molecule has 23 heavy (non-hydrogen) atoms. The number of fused-ring (bicyclic) bond motifs is 1. The van der Waals surface area contributed by atoms with Gasteiger partial charge in [-0.15, -0.1) is 0 Å². The number of hydrogen-bond acceptors (Lipinski definition) is 6. The monoisotopic (exact) mass is 304 g/mol. The zero-order valence-electron chi connectivity index (χ0n) is 12.0. The van der Waals surface area contributed by atoms with Crippen molar-refractivity contribution in [2.24, 2.45) is 5.10 Å². The molecule has 4 aromatic rings. The Balaban J connectivity index is 1.68. The van der Waals surface area contributed by atoms with E-state index >= 15 is 0 Å². The Hall–Kier alpha value is -3.48. The highest BCUT2D eigenvalue weighted by atomic mass is 16.3. The van der Waals surface area contributed by atoms with Crippen molar-refractivity contribution in [1.82, 2.24) is 19.7 Å². The number of furan rings is 1. The molecule has 1 N–H and O–H groups in total. The van der Waals surface area contributed by atoms with Crippen LogP contribution in [0.15, 0.2) is 70.8 Å². The van der Waals surface area contributed by atoms with Gasteiger partial charge in [-0.05, 0) is 24.3 Å². The number of anilines is 1. The van der Waals surface area contributed by atoms with Gasteiger partial charge >= 0.3 is 0 Å². The lowest BCUT2D eigenvalue weighted by atomic mass is 10.3. The molecule has 0 aliphatic carbocycles. The number of rotatable bonds is 4. The van der Waals surface area contributed by atoms with Crippen molar-refractivity contribution in [3.63, 3.8) is 0 Å². The van der Waals surface area contributed by atoms with Crippen LogP contribution in [0.4, 0.5) is 5.82 Å². The second-order valence-electron chi connectivity index (χ2n) is 4.74. The van der Waals surface area contributed by atoms with Crippen LogP contribution >= 0.6 is 0 Å². The SMILES string of the molecule is C(=N/Nc1ncnc2c1cnn2-c1ccccc1)/c1ccco1. The van der Waals surface area contributed by atoms with Crippen LogP contribution < -0.4 is 5.43 Å². The first kappa shape index (κ1) is 13.2. The molecule has 112 valence electrons. The van der Waals surface area contributed by atoms with Gasteiger partial charge < -0.3 is 4.42 Å². The van der Waals surface area contributed by atoms with Gasteiger partial charge in [-0.3, -0.25) is 5.43 Å². The second kappa shape index (κ2) is 5.72. The molecule has 0 saturated heterocycles. The molecule has 3 aromatic heterocycles. The molecular weight excluding hydrogens is 292 g/mol. The normalized spacial score (nSPS) is 11.3. The highest BCUT2D eigenvalue weighted by Crippen LogP contribution is 2.21. The zero-order valence-corrected chi connectivity index (χ0v) is 12.0. The fourth-order valence-electron chi connectivity index (χ4n) is 2.21. The number of benzene rings is 1. The standard InChI is InChI=1S/C16H12N6O/c1-2-5-12(6-3-1)22-16-14(10-20-22)15(17-11-18-16)21-19-9-13-7-4-8-23-13/h1-11H,(H,17,18,21)/b19-9-. The van der Waals surface area contributed by atoms with Crippen molar-refractivity contribution in [3.05, 3.63) is 67.0 Å². The Morgan fingerprint density at radius 1 is 1.09 bits per heavy atom. The first-order valence-corrected chi connectivity index (χ1v) is 6.98. The van der Waals surface area contributed by atoms with Crippen molar-refractivity contribution in [1.29, 1.82) is 0 Å². The quantitative estimate of drug-likeness (QED) is 0.463. The summed E-state index contributed by atoms with van der Waals surface area (Å²) < 4.78 is 6.94. The Bertz CT molecular complexity index is 943. The maximum absolute atomic E-state index is 5.18. The molecule has 0 radical (unpaired) electrons. The molecule has 7 heteroatoms. The maximum atomic E-state index is 5.18. The Morgan fingerprint density at radius 2 is 2.00 bits per heavy atom. The second-order valence-corrected chi connectivity index (χ2v) is 4.74. The van der Waals surface area contributed by atoms with E-state index in [4.69, 9.17) is 4.42 Å². The zero-order chi connectivity index (χ0) is 15.5. The summed E-state index contributed by atoms with van der Waals surface area (Å²) >= 11 is 0. The fourth-order valence-corrected chi connectivity index (χ4v) is 2.21. The molecule has 1 aromatic carbocycles. The molecule has 7 nitrogen and oxygen atoms in total. The highest BCUT2D eigenvalue weighted by molar-refractivity contribution is 5.87. The molecule has 0 amide bonds. The van der Waals surface area contributed by atoms with Gasteiger partial charge in [-0.25, -0.2) is 14.6 Å². The molecule has 0 saturated carbocycles. The lowest BCUT2D eigenvalue weighted by Gasteiger charge is -2.03. The Kier molecular flexibility index (Phi) is 3.28. The van der Waals surface area contributed by atoms with Crippen LogP contribution in [0.3, 0.4) is 0 Å². The van der Waals surface area contributed by atoms with Gasteiger partial charge in [0.2, 0.25) is 0 Å². The molecule has 0 aliphatic rings. The van der Waals surface area contributed by atoms with E-state index in [2.05, 4.69) is 25.6 Å². The third-order valence-electron chi connectivity index (χ3n) is 3.27. The lowest BCUT2D eigenvalue weighted by molar-refractivity contribution is 0.560. The summed E-state index contributed by atoms with van der Waals surface area (Å²) in [7, 11) is 0. The van der Waals surface area contributed by atoms with Gasteiger partial charge in [0.1, 0.15) is 12.1 Å². The summed E-state index contributed by atoms with van der Waals surface area (Å²) in [4.78, 5) is 8.53. The summed E-state index contributed by atoms with van der Waals surface area (Å²) in [5.41, 5.74) is 4.54. The van der Waals surface area contributed by atoms with Gasteiger partial charge in [0.05, 0.1) is 29.7 Å². The number of hydrazone groups is 1. The Labute approximate surface area is 131 Å². The summed E-state index contributed by atoms with van der Waals surface area (Å²) in [6.07, 6.45) is 6.37. The van der Waals surface area contributed by atoms with Gasteiger partial charge in [-0.1, -0.05) is 18.2 Å². The number of aromatic nitrogens is 4. The van der Waals surface area contributed by atoms with Crippen LogP contribution in [-0.2, 0) is 0 Å². The maximum Gasteiger partial charge on any atom is 0.168 e. The molecule has 0 fully saturated rings. The smallest absolute Gasteiger partial charge is 0.168 e. The van der Waals surface area contributed by atoms with E-state index in [1.165, 1.54) is 6.33 Å². The van der Waals surface area contributed by atoms with E-state index in [-0.39, 0.29) is 0 Å². The molecule has 0 unspecified atom stereocenters. The molecule has 0 spiro atoms. The average Bonchev–Trinajstić information content (AvgIpc) is 3.25. The van der Waals surface area contributed by atoms with E-state index in [9.17, 15) is 0 Å².